The van der Waals surface area contributed by atoms with Crippen molar-refractivity contribution < 1.29 is 40.0 Å². The first-order valence-electron chi connectivity index (χ1n) is 12.7. The molecule has 2 aromatic carbocycles. The highest BCUT2D eigenvalue weighted by atomic mass is 16.6. The van der Waals surface area contributed by atoms with Gasteiger partial charge in [-0.15, -0.1) is 0 Å². The van der Waals surface area contributed by atoms with Crippen molar-refractivity contribution in [1.82, 2.24) is 25.1 Å². The molecule has 0 unspecified atom stereocenters. The number of likely N-dealkylation sites (N-methyl/N-ethyl adjacent to an activating group) is 1. The van der Waals surface area contributed by atoms with Gasteiger partial charge in [0.05, 0.1) is 17.4 Å². The van der Waals surface area contributed by atoms with Gasteiger partial charge in [0.2, 0.25) is 5.75 Å². The molecular formula is C28H27N7O10. The van der Waals surface area contributed by atoms with E-state index in [1.165, 1.54) is 41.7 Å². The van der Waals surface area contributed by atoms with E-state index >= 15 is 0 Å². The number of carbonyl (C=O) groups excluding carboxylic acids is 1. The number of aromatic hydroxyl groups is 4. The number of nitrogens with zero attached hydrogens (tertiary/aromatic N) is 5. The van der Waals surface area contributed by atoms with Crippen molar-refractivity contribution in [3.8, 4) is 29.1 Å². The van der Waals surface area contributed by atoms with Crippen molar-refractivity contribution in [2.24, 2.45) is 0 Å². The lowest BCUT2D eigenvalue weighted by Gasteiger charge is -2.17. The Morgan fingerprint density at radius 2 is 1.73 bits per heavy atom. The second-order valence-corrected chi connectivity index (χ2v) is 8.60. The topological polar surface area (TPSA) is 280 Å². The van der Waals surface area contributed by atoms with Gasteiger partial charge in [-0.2, -0.15) is 10.4 Å². The van der Waals surface area contributed by atoms with Gasteiger partial charge in [-0.1, -0.05) is 6.07 Å². The molecule has 7 N–H and O–H groups in total. The van der Waals surface area contributed by atoms with Gasteiger partial charge in [0.1, 0.15) is 17.0 Å². The molecule has 0 bridgehead atoms. The third-order valence-electron chi connectivity index (χ3n) is 5.67. The normalized spacial score (nSPS) is 10.6. The molecule has 17 nitrogen and oxygen atoms in total. The SMILES string of the molecule is CCN(CC)C(=O)/C(C#N)=C/c1cc(O)c(O)c([N+](=O)[O-])c1.O=C(O)/C=C/c1ccc(O)c(O)c1.O=c1[nH]cnc2[nH]ncc12. The quantitative estimate of drug-likeness (QED) is 0.0514. The maximum Gasteiger partial charge on any atom is 0.328 e. The number of hydrogen-bond acceptors (Lipinski definition) is 12. The molecular weight excluding hydrogens is 594 g/mol. The van der Waals surface area contributed by atoms with Crippen molar-refractivity contribution >= 4 is 40.7 Å². The molecule has 4 aromatic rings. The van der Waals surface area contributed by atoms with Crippen LogP contribution in [0.25, 0.3) is 23.2 Å². The highest BCUT2D eigenvalue weighted by Gasteiger charge is 2.20. The highest BCUT2D eigenvalue weighted by Crippen LogP contribution is 2.36. The van der Waals surface area contributed by atoms with E-state index in [2.05, 4.69) is 20.2 Å². The van der Waals surface area contributed by atoms with E-state index in [1.54, 1.807) is 19.9 Å². The van der Waals surface area contributed by atoms with Crippen LogP contribution >= 0.6 is 0 Å². The number of carboxylic acid groups (broad SMARTS) is 1. The van der Waals surface area contributed by atoms with E-state index in [9.17, 15) is 34.7 Å². The van der Waals surface area contributed by atoms with Gasteiger partial charge >= 0.3 is 11.7 Å². The first-order valence-corrected chi connectivity index (χ1v) is 12.7. The maximum absolute atomic E-state index is 12.1. The van der Waals surface area contributed by atoms with Crippen molar-refractivity contribution in [2.75, 3.05) is 13.1 Å². The number of aromatic nitrogens is 4. The highest BCUT2D eigenvalue weighted by molar-refractivity contribution is 6.01. The Balaban J connectivity index is 0.000000257. The predicted molar refractivity (Wildman–Crippen MR) is 159 cm³/mol. The molecule has 0 aliphatic rings. The lowest BCUT2D eigenvalue weighted by molar-refractivity contribution is -0.386. The molecule has 0 fully saturated rings. The molecule has 1 amide bonds. The number of H-pyrrole nitrogens is 2. The number of aliphatic carboxylic acids is 1. The summed E-state index contributed by atoms with van der Waals surface area (Å²) in [6, 6.07) is 7.80. The zero-order valence-electron chi connectivity index (χ0n) is 23.7. The molecule has 0 atom stereocenters. The summed E-state index contributed by atoms with van der Waals surface area (Å²) in [6.45, 7) is 4.34. The van der Waals surface area contributed by atoms with E-state index in [4.69, 9.17) is 20.6 Å². The third kappa shape index (κ3) is 9.68. The molecule has 0 saturated carbocycles. The predicted octanol–water partition coefficient (Wildman–Crippen LogP) is 2.62. The number of amides is 1. The van der Waals surface area contributed by atoms with Crippen molar-refractivity contribution in [3.05, 3.63) is 86.1 Å². The number of carbonyl (C=O) groups is 2. The number of nitro benzene ring substituents is 1. The van der Waals surface area contributed by atoms with E-state index in [0.29, 0.717) is 29.7 Å². The zero-order chi connectivity index (χ0) is 33.7. The molecule has 2 aromatic heterocycles. The summed E-state index contributed by atoms with van der Waals surface area (Å²) in [4.78, 5) is 50.7. The average molecular weight is 622 g/mol. The van der Waals surface area contributed by atoms with Crippen LogP contribution in [-0.2, 0) is 9.59 Å². The Bertz CT molecular complexity index is 1850. The van der Waals surface area contributed by atoms with Crippen LogP contribution in [-0.4, -0.2) is 80.5 Å². The molecule has 0 radical (unpaired) electrons. The minimum absolute atomic E-state index is 0.0686. The molecule has 17 heteroatoms. The Hall–Kier alpha value is -6.70. The van der Waals surface area contributed by atoms with Crippen LogP contribution in [0.5, 0.6) is 23.0 Å². The van der Waals surface area contributed by atoms with Gasteiger partial charge in [0.25, 0.3) is 11.5 Å². The number of nitriles is 1. The van der Waals surface area contributed by atoms with E-state index in [1.807, 2.05) is 0 Å². The van der Waals surface area contributed by atoms with Crippen LogP contribution in [0.1, 0.15) is 25.0 Å². The summed E-state index contributed by atoms with van der Waals surface area (Å²) in [6.07, 6.45) is 6.18. The van der Waals surface area contributed by atoms with Crippen LogP contribution in [0.4, 0.5) is 5.69 Å². The summed E-state index contributed by atoms with van der Waals surface area (Å²) >= 11 is 0. The lowest BCUT2D eigenvalue weighted by atomic mass is 10.1. The van der Waals surface area contributed by atoms with Crippen molar-refractivity contribution in [2.45, 2.75) is 13.8 Å². The molecule has 45 heavy (non-hydrogen) atoms. The van der Waals surface area contributed by atoms with Crippen LogP contribution in [0.2, 0.25) is 0 Å². The molecule has 0 spiro atoms. The van der Waals surface area contributed by atoms with Crippen molar-refractivity contribution in [3.63, 3.8) is 0 Å². The number of aromatic amines is 2. The number of benzene rings is 2. The van der Waals surface area contributed by atoms with E-state index < -0.39 is 34.0 Å². The average Bonchev–Trinajstić information content (AvgIpc) is 3.50. The summed E-state index contributed by atoms with van der Waals surface area (Å²) in [7, 11) is 0. The second-order valence-electron chi connectivity index (χ2n) is 8.60. The van der Waals surface area contributed by atoms with Crippen LogP contribution in [0.15, 0.2) is 59.3 Å². The van der Waals surface area contributed by atoms with Gasteiger partial charge in [-0.25, -0.2) is 9.78 Å². The number of rotatable bonds is 7. The monoisotopic (exact) mass is 621 g/mol. The fraction of sp³-hybridized carbons (Fsp3) is 0.143. The van der Waals surface area contributed by atoms with Crippen LogP contribution < -0.4 is 5.56 Å². The number of carboxylic acids is 1. The van der Waals surface area contributed by atoms with E-state index in [0.717, 1.165) is 24.3 Å². The summed E-state index contributed by atoms with van der Waals surface area (Å²) in [5.74, 6) is -3.64. The number of hydrogen-bond donors (Lipinski definition) is 7. The Labute approximate surface area is 253 Å². The number of nitro groups is 1. The molecule has 0 aliphatic carbocycles. The maximum atomic E-state index is 12.1. The molecule has 4 rings (SSSR count). The minimum atomic E-state index is -1.06. The first kappa shape index (κ1) is 34.5. The Kier molecular flexibility index (Phi) is 12.3. The Morgan fingerprint density at radius 3 is 2.29 bits per heavy atom. The third-order valence-corrected chi connectivity index (χ3v) is 5.67. The van der Waals surface area contributed by atoms with Crippen molar-refractivity contribution in [1.29, 1.82) is 5.26 Å². The summed E-state index contributed by atoms with van der Waals surface area (Å²) in [5.41, 5.74) is 0.00109. The number of fused-ring (bicyclic) bond motifs is 1. The summed E-state index contributed by atoms with van der Waals surface area (Å²) < 4.78 is 0. The largest absolute Gasteiger partial charge is 0.504 e. The van der Waals surface area contributed by atoms with Gasteiger partial charge in [0.15, 0.2) is 22.9 Å². The second kappa shape index (κ2) is 16.1. The van der Waals surface area contributed by atoms with E-state index in [-0.39, 0.29) is 28.2 Å². The standard InChI is InChI=1S/C14H15N3O5.C9H8O4.C5H4N4O/c1-3-16(4-2)14(20)10(8-15)5-9-6-11(17(21)22)13(19)12(18)7-9;10-7-3-1-6(5-8(7)11)2-4-9(12)13;10-5-3-1-8-9-4(3)6-2-7-5/h5-7,18-19H,3-4H2,1-2H3;1-5,10-11H,(H,12,13);1-2H,(H2,6,7,8,9,10)/b10-5+;4-2+;. The van der Waals surface area contributed by atoms with Gasteiger partial charge in [0, 0.05) is 25.2 Å². The molecule has 2 heterocycles. The number of phenolic OH excluding ortho intramolecular Hbond substituents is 4. The fourth-order valence-corrected chi connectivity index (χ4v) is 3.43. The number of nitrogens with one attached hydrogen (secondary N) is 2. The van der Waals surface area contributed by atoms with Gasteiger partial charge in [-0.05, 0) is 55.3 Å². The van der Waals surface area contributed by atoms with Crippen LogP contribution in [0, 0.1) is 21.4 Å². The first-order chi connectivity index (χ1) is 21.3. The summed E-state index contributed by atoms with van der Waals surface area (Å²) in [5, 5.41) is 71.8. The zero-order valence-corrected chi connectivity index (χ0v) is 23.7. The molecule has 234 valence electrons. The lowest BCUT2D eigenvalue weighted by Crippen LogP contribution is -2.31. The Morgan fingerprint density at radius 1 is 1.07 bits per heavy atom. The minimum Gasteiger partial charge on any atom is -0.504 e. The van der Waals surface area contributed by atoms with Crippen LogP contribution in [0.3, 0.4) is 0 Å². The number of phenols is 4. The molecule has 0 aliphatic heterocycles. The fourth-order valence-electron chi connectivity index (χ4n) is 3.43. The molecule has 0 saturated heterocycles. The van der Waals surface area contributed by atoms with Gasteiger partial charge in [-0.3, -0.25) is 24.8 Å². The smallest absolute Gasteiger partial charge is 0.328 e. The van der Waals surface area contributed by atoms with Gasteiger partial charge < -0.3 is 35.4 Å².